The van der Waals surface area contributed by atoms with Crippen molar-refractivity contribution in [1.29, 1.82) is 0 Å². The minimum Gasteiger partial charge on any atom is -0.492 e. The molecule has 1 saturated heterocycles. The Hall–Kier alpha value is -3.04. The maximum Gasteiger partial charge on any atom is 0.328 e. The molecule has 0 bridgehead atoms. The fourth-order valence-corrected chi connectivity index (χ4v) is 4.56. The van der Waals surface area contributed by atoms with Crippen molar-refractivity contribution in [1.82, 2.24) is 19.2 Å². The number of likely N-dealkylation sites (N-methyl/N-ethyl adjacent to an activating group) is 1. The van der Waals surface area contributed by atoms with Gasteiger partial charge in [0.2, 0.25) is 5.13 Å². The van der Waals surface area contributed by atoms with Crippen molar-refractivity contribution < 1.29 is 9.53 Å². The summed E-state index contributed by atoms with van der Waals surface area (Å²) >= 11 is 1.21. The van der Waals surface area contributed by atoms with Gasteiger partial charge in [-0.25, -0.2) is 4.79 Å². The molecule has 2 aromatic heterocycles. The molecule has 0 radical (unpaired) electrons. The fraction of sp³-hybridized carbons (Fsp3) is 0.333. The minimum atomic E-state index is -0.215. The van der Waals surface area contributed by atoms with Crippen LogP contribution >= 0.6 is 11.5 Å². The van der Waals surface area contributed by atoms with E-state index in [1.165, 1.54) is 18.0 Å². The largest absolute Gasteiger partial charge is 0.492 e. The smallest absolute Gasteiger partial charge is 0.328 e. The first-order valence-corrected chi connectivity index (χ1v) is 10.7. The normalized spacial score (nSPS) is 18.9. The second-order valence-corrected chi connectivity index (χ2v) is 8.25. The summed E-state index contributed by atoms with van der Waals surface area (Å²) in [5, 5.41) is 3.51. The Balaban J connectivity index is 1.37. The first-order chi connectivity index (χ1) is 14.7. The van der Waals surface area contributed by atoms with Crippen molar-refractivity contribution in [3.05, 3.63) is 48.3 Å². The summed E-state index contributed by atoms with van der Waals surface area (Å²) in [7, 11) is 2.14. The van der Waals surface area contributed by atoms with E-state index in [1.54, 1.807) is 17.3 Å². The molecule has 1 aromatic carbocycles. The lowest BCUT2D eigenvalue weighted by Crippen LogP contribution is -2.39. The zero-order chi connectivity index (χ0) is 20.5. The van der Waals surface area contributed by atoms with Crippen molar-refractivity contribution in [3.8, 4) is 17.1 Å². The molecular weight excluding hydrogens is 400 g/mol. The number of benzene rings is 1. The zero-order valence-electron chi connectivity index (χ0n) is 16.6. The quantitative estimate of drug-likeness (QED) is 0.676. The monoisotopic (exact) mass is 422 g/mol. The van der Waals surface area contributed by atoms with Crippen molar-refractivity contribution in [3.63, 3.8) is 0 Å². The maximum atomic E-state index is 12.7. The van der Waals surface area contributed by atoms with Gasteiger partial charge < -0.3 is 15.0 Å². The number of carbonyl (C=O) groups is 1. The number of nitrogens with one attached hydrogen (secondary N) is 1. The van der Waals surface area contributed by atoms with Gasteiger partial charge in [-0.3, -0.25) is 9.88 Å². The Bertz CT molecular complexity index is 1060. The van der Waals surface area contributed by atoms with Crippen molar-refractivity contribution >= 4 is 28.4 Å². The van der Waals surface area contributed by atoms with Gasteiger partial charge in [-0.1, -0.05) is 6.07 Å². The average Bonchev–Trinajstić information content (AvgIpc) is 3.41. The van der Waals surface area contributed by atoms with Crippen LogP contribution in [0.3, 0.4) is 0 Å². The van der Waals surface area contributed by atoms with E-state index < -0.39 is 0 Å². The van der Waals surface area contributed by atoms with E-state index in [4.69, 9.17) is 4.74 Å². The molecule has 30 heavy (non-hydrogen) atoms. The molecule has 2 aliphatic rings. The molecule has 0 spiro atoms. The number of hydrogen-bond donors (Lipinski definition) is 1. The lowest BCUT2D eigenvalue weighted by molar-refractivity contribution is 0.197. The van der Waals surface area contributed by atoms with Gasteiger partial charge >= 0.3 is 6.03 Å². The van der Waals surface area contributed by atoms with Gasteiger partial charge in [0.15, 0.2) is 5.82 Å². The Morgan fingerprint density at radius 2 is 2.13 bits per heavy atom. The van der Waals surface area contributed by atoms with Gasteiger partial charge in [0.25, 0.3) is 0 Å². The van der Waals surface area contributed by atoms with E-state index in [1.807, 2.05) is 30.3 Å². The molecule has 5 rings (SSSR count). The minimum absolute atomic E-state index is 0.215. The lowest BCUT2D eigenvalue weighted by atomic mass is 10.1. The van der Waals surface area contributed by atoms with E-state index in [-0.39, 0.29) is 6.03 Å². The number of aromatic nitrogens is 3. The first kappa shape index (κ1) is 19.0. The summed E-state index contributed by atoms with van der Waals surface area (Å²) in [6.45, 7) is 2.15. The van der Waals surface area contributed by atoms with E-state index >= 15 is 0 Å². The van der Waals surface area contributed by atoms with Crippen LogP contribution in [0.5, 0.6) is 5.75 Å². The first-order valence-electron chi connectivity index (χ1n) is 9.96. The van der Waals surface area contributed by atoms with Gasteiger partial charge in [0.1, 0.15) is 12.4 Å². The molecule has 0 unspecified atom stereocenters. The average molecular weight is 423 g/mol. The van der Waals surface area contributed by atoms with Gasteiger partial charge in [0.05, 0.1) is 12.2 Å². The summed E-state index contributed by atoms with van der Waals surface area (Å²) in [4.78, 5) is 25.3. The highest BCUT2D eigenvalue weighted by atomic mass is 32.1. The highest BCUT2D eigenvalue weighted by molar-refractivity contribution is 7.10. The molecule has 0 aliphatic carbocycles. The van der Waals surface area contributed by atoms with E-state index in [9.17, 15) is 4.79 Å². The number of urea groups is 1. The molecule has 1 atom stereocenters. The lowest BCUT2D eigenvalue weighted by Gasteiger charge is -2.29. The Morgan fingerprint density at radius 1 is 1.27 bits per heavy atom. The number of fused-ring (bicyclic) bond motifs is 1. The van der Waals surface area contributed by atoms with Crippen molar-refractivity contribution in [2.24, 2.45) is 0 Å². The Kier molecular flexibility index (Phi) is 5.06. The molecule has 4 heterocycles. The molecule has 0 saturated carbocycles. The highest BCUT2D eigenvalue weighted by Crippen LogP contribution is 2.35. The summed E-state index contributed by atoms with van der Waals surface area (Å²) in [6.07, 6.45) is 5.76. The maximum absolute atomic E-state index is 12.7. The number of likely N-dealkylation sites (tertiary alicyclic amines) is 1. The van der Waals surface area contributed by atoms with Crippen LogP contribution in [0, 0.1) is 0 Å². The number of pyridine rings is 1. The van der Waals surface area contributed by atoms with Crippen LogP contribution in [-0.4, -0.2) is 51.5 Å². The highest BCUT2D eigenvalue weighted by Gasteiger charge is 2.29. The van der Waals surface area contributed by atoms with Crippen LogP contribution in [0.1, 0.15) is 18.4 Å². The number of ether oxygens (including phenoxy) is 1. The second-order valence-electron chi connectivity index (χ2n) is 7.52. The molecule has 8 nitrogen and oxygen atoms in total. The summed E-state index contributed by atoms with van der Waals surface area (Å²) in [5.41, 5.74) is 2.61. The van der Waals surface area contributed by atoms with Gasteiger partial charge in [-0.05, 0) is 50.7 Å². The van der Waals surface area contributed by atoms with Gasteiger partial charge in [-0.2, -0.15) is 9.36 Å². The number of carbonyl (C=O) groups excluding carboxylic acids is 1. The molecule has 1 fully saturated rings. The number of anilines is 2. The number of rotatable bonds is 5. The molecule has 3 aromatic rings. The molecular formula is C21H22N6O2S. The van der Waals surface area contributed by atoms with Gasteiger partial charge in [0, 0.05) is 41.1 Å². The summed E-state index contributed by atoms with van der Waals surface area (Å²) < 4.78 is 10.6. The van der Waals surface area contributed by atoms with E-state index in [2.05, 4.69) is 31.6 Å². The van der Waals surface area contributed by atoms with Crippen LogP contribution in [-0.2, 0) is 6.54 Å². The standard InChI is InChI=1S/C21H22N6O2S/c1-26-11-3-4-15(26)13-29-18-6-2-5-17-16(18)12-27(20(28)23-17)21-24-19(25-30-21)14-7-9-22-10-8-14/h2,5-10,15H,3-4,11-13H2,1H3,(H,23,28)/t15-/m0/s1. The molecule has 2 aliphatic heterocycles. The number of nitrogens with zero attached hydrogens (tertiary/aromatic N) is 5. The van der Waals surface area contributed by atoms with Crippen LogP contribution in [0.15, 0.2) is 42.7 Å². The molecule has 154 valence electrons. The molecule has 9 heteroatoms. The fourth-order valence-electron chi connectivity index (χ4n) is 3.87. The van der Waals surface area contributed by atoms with Gasteiger partial charge in [-0.15, -0.1) is 0 Å². The van der Waals surface area contributed by atoms with Crippen LogP contribution in [0.2, 0.25) is 0 Å². The summed E-state index contributed by atoms with van der Waals surface area (Å²) in [5.74, 6) is 1.39. The number of hydrogen-bond acceptors (Lipinski definition) is 7. The van der Waals surface area contributed by atoms with E-state index in [0.717, 1.165) is 35.5 Å². The third-order valence-corrected chi connectivity index (χ3v) is 6.36. The predicted molar refractivity (Wildman–Crippen MR) is 116 cm³/mol. The molecule has 1 N–H and O–H groups in total. The third-order valence-electron chi connectivity index (χ3n) is 5.62. The number of amides is 2. The van der Waals surface area contributed by atoms with E-state index in [0.29, 0.717) is 30.1 Å². The zero-order valence-corrected chi connectivity index (χ0v) is 17.4. The Labute approximate surface area is 178 Å². The second kappa shape index (κ2) is 8.00. The summed E-state index contributed by atoms with van der Waals surface area (Å²) in [6, 6.07) is 9.70. The third kappa shape index (κ3) is 3.61. The predicted octanol–water partition coefficient (Wildman–Crippen LogP) is 3.63. The SMILES string of the molecule is CN1CCC[C@H]1COc1cccc2c1CN(c1nc(-c3ccncc3)ns1)C(=O)N2. The van der Waals surface area contributed by atoms with Crippen molar-refractivity contribution in [2.45, 2.75) is 25.4 Å². The van der Waals surface area contributed by atoms with Crippen molar-refractivity contribution in [2.75, 3.05) is 30.4 Å². The Morgan fingerprint density at radius 3 is 2.93 bits per heavy atom. The molecule has 2 amide bonds. The van der Waals surface area contributed by atoms with Crippen LogP contribution in [0.4, 0.5) is 15.6 Å². The van der Waals surface area contributed by atoms with Crippen LogP contribution in [0.25, 0.3) is 11.4 Å². The van der Waals surface area contributed by atoms with Crippen LogP contribution < -0.4 is 15.0 Å². The topological polar surface area (TPSA) is 83.5 Å².